The number of nitrogens with zero attached hydrogens (tertiary/aromatic N) is 3. The monoisotopic (exact) mass is 438 g/mol. The van der Waals surface area contributed by atoms with Gasteiger partial charge in [-0.25, -0.2) is 0 Å². The number of fused-ring (bicyclic) bond motifs is 1. The van der Waals surface area contributed by atoms with Crippen molar-refractivity contribution in [1.29, 1.82) is 0 Å². The number of ether oxygens (including phenoxy) is 1. The third kappa shape index (κ3) is 4.90. The Bertz CT molecular complexity index is 966. The van der Waals surface area contributed by atoms with Crippen molar-refractivity contribution in [3.05, 3.63) is 58.5 Å². The number of hydrogen-bond donors (Lipinski definition) is 1. The predicted octanol–water partition coefficient (Wildman–Crippen LogP) is 4.41. The van der Waals surface area contributed by atoms with Crippen LogP contribution in [0.1, 0.15) is 25.2 Å². The van der Waals surface area contributed by atoms with Crippen LogP contribution in [0.5, 0.6) is 5.75 Å². The summed E-state index contributed by atoms with van der Waals surface area (Å²) >= 11 is 13.7. The number of hydrogen-bond acceptors (Lipinski definition) is 5. The lowest BCUT2D eigenvalue weighted by Crippen LogP contribution is -2.39. The molecule has 148 valence electrons. The Balaban J connectivity index is 1.75. The van der Waals surface area contributed by atoms with Crippen LogP contribution in [-0.4, -0.2) is 38.6 Å². The number of pyridine rings is 1. The Hall–Kier alpha value is -1.96. The number of amides is 1. The molecule has 0 aliphatic heterocycles. The molecule has 1 amide bonds. The molecule has 2 aromatic heterocycles. The molecule has 0 aliphatic carbocycles. The van der Waals surface area contributed by atoms with E-state index in [9.17, 15) is 4.79 Å². The fourth-order valence-corrected chi connectivity index (χ4v) is 3.63. The predicted molar refractivity (Wildman–Crippen MR) is 113 cm³/mol. The quantitative estimate of drug-likeness (QED) is 0.563. The molecule has 1 N–H and O–H groups in total. The fourth-order valence-electron chi connectivity index (χ4n) is 2.70. The van der Waals surface area contributed by atoms with Crippen molar-refractivity contribution in [2.45, 2.75) is 25.5 Å². The minimum atomic E-state index is -0.741. The van der Waals surface area contributed by atoms with Crippen molar-refractivity contribution < 1.29 is 9.53 Å². The maximum Gasteiger partial charge on any atom is 0.261 e. The molecule has 2 unspecified atom stereocenters. The third-order valence-electron chi connectivity index (χ3n) is 4.15. The smallest absolute Gasteiger partial charge is 0.261 e. The van der Waals surface area contributed by atoms with E-state index < -0.39 is 6.10 Å². The summed E-state index contributed by atoms with van der Waals surface area (Å²) in [5.41, 5.74) is 0.734. The molecule has 3 aromatic rings. The van der Waals surface area contributed by atoms with E-state index >= 15 is 0 Å². The van der Waals surface area contributed by atoms with Gasteiger partial charge in [0.25, 0.3) is 5.91 Å². The van der Waals surface area contributed by atoms with E-state index in [0.29, 0.717) is 21.6 Å². The summed E-state index contributed by atoms with van der Waals surface area (Å²) in [6, 6.07) is 10.3. The van der Waals surface area contributed by atoms with Crippen molar-refractivity contribution in [3.63, 3.8) is 0 Å². The number of carbonyl (C=O) groups is 1. The first-order valence-corrected chi connectivity index (χ1v) is 10.8. The third-order valence-corrected chi connectivity index (χ3v) is 5.32. The molecule has 0 saturated heterocycles. The Kier molecular flexibility index (Phi) is 7.04. The van der Waals surface area contributed by atoms with Crippen LogP contribution >= 0.6 is 35.0 Å². The first kappa shape index (κ1) is 20.8. The number of carbonyl (C=O) groups excluding carboxylic acids is 1. The molecule has 0 fully saturated rings. The second-order valence-corrected chi connectivity index (χ2v) is 7.99. The van der Waals surface area contributed by atoms with E-state index in [2.05, 4.69) is 15.5 Å². The molecule has 28 heavy (non-hydrogen) atoms. The molecular weight excluding hydrogens is 419 g/mol. The van der Waals surface area contributed by atoms with Crippen LogP contribution in [0.2, 0.25) is 10.0 Å². The van der Waals surface area contributed by atoms with Gasteiger partial charge in [-0.2, -0.15) is 11.8 Å². The Labute approximate surface area is 177 Å². The molecule has 0 spiro atoms. The normalized spacial score (nSPS) is 13.3. The molecule has 1 aromatic carbocycles. The van der Waals surface area contributed by atoms with Crippen molar-refractivity contribution in [2.75, 3.05) is 12.0 Å². The van der Waals surface area contributed by atoms with Gasteiger partial charge >= 0.3 is 0 Å². The van der Waals surface area contributed by atoms with Crippen molar-refractivity contribution in [1.82, 2.24) is 19.9 Å². The maximum absolute atomic E-state index is 12.8. The van der Waals surface area contributed by atoms with Gasteiger partial charge in [-0.1, -0.05) is 29.3 Å². The zero-order chi connectivity index (χ0) is 20.1. The maximum atomic E-state index is 12.8. The van der Waals surface area contributed by atoms with Crippen LogP contribution in [0.25, 0.3) is 5.65 Å². The summed E-state index contributed by atoms with van der Waals surface area (Å²) in [6.45, 7) is 1.67. The van der Waals surface area contributed by atoms with Gasteiger partial charge in [0.15, 0.2) is 17.6 Å². The van der Waals surface area contributed by atoms with Gasteiger partial charge in [-0.3, -0.25) is 9.20 Å². The Morgan fingerprint density at radius 2 is 2.11 bits per heavy atom. The average Bonchev–Trinajstić information content (AvgIpc) is 3.11. The van der Waals surface area contributed by atoms with Gasteiger partial charge < -0.3 is 10.1 Å². The van der Waals surface area contributed by atoms with Crippen molar-refractivity contribution >= 4 is 46.5 Å². The lowest BCUT2D eigenvalue weighted by Gasteiger charge is -2.21. The first-order chi connectivity index (χ1) is 13.5. The highest BCUT2D eigenvalue weighted by Crippen LogP contribution is 2.28. The molecular formula is C19H20Cl2N4O2S. The molecule has 0 radical (unpaired) electrons. The van der Waals surface area contributed by atoms with Crippen molar-refractivity contribution in [2.24, 2.45) is 0 Å². The van der Waals surface area contributed by atoms with E-state index in [-0.39, 0.29) is 11.9 Å². The molecule has 0 aliphatic rings. The first-order valence-electron chi connectivity index (χ1n) is 8.70. The molecule has 2 heterocycles. The summed E-state index contributed by atoms with van der Waals surface area (Å²) in [5, 5.41) is 12.4. The largest absolute Gasteiger partial charge is 0.479 e. The number of thioether (sulfide) groups is 1. The van der Waals surface area contributed by atoms with Crippen LogP contribution in [0.15, 0.2) is 42.6 Å². The summed E-state index contributed by atoms with van der Waals surface area (Å²) < 4.78 is 7.60. The SMILES string of the molecule is CSCCC(NC(=O)C(C)Oc1ccc(Cl)cc1Cl)c1nnc2ccccn12. The minimum absolute atomic E-state index is 0.259. The Morgan fingerprint density at radius 1 is 1.29 bits per heavy atom. The number of halogens is 2. The van der Waals surface area contributed by atoms with E-state index in [0.717, 1.165) is 17.8 Å². The van der Waals surface area contributed by atoms with Crippen LogP contribution in [0, 0.1) is 0 Å². The molecule has 0 bridgehead atoms. The lowest BCUT2D eigenvalue weighted by molar-refractivity contribution is -0.128. The van der Waals surface area contributed by atoms with Crippen LogP contribution in [0.4, 0.5) is 0 Å². The number of benzene rings is 1. The van der Waals surface area contributed by atoms with Gasteiger partial charge in [-0.15, -0.1) is 10.2 Å². The van der Waals surface area contributed by atoms with Crippen molar-refractivity contribution in [3.8, 4) is 5.75 Å². The van der Waals surface area contributed by atoms with Crippen LogP contribution in [0.3, 0.4) is 0 Å². The highest BCUT2D eigenvalue weighted by atomic mass is 35.5. The zero-order valence-corrected chi connectivity index (χ0v) is 17.8. The van der Waals surface area contributed by atoms with Gasteiger partial charge in [0.1, 0.15) is 5.75 Å². The zero-order valence-electron chi connectivity index (χ0n) is 15.4. The fraction of sp³-hybridized carbons (Fsp3) is 0.316. The van der Waals surface area contributed by atoms with Gasteiger partial charge in [0.2, 0.25) is 0 Å². The number of nitrogens with one attached hydrogen (secondary N) is 1. The molecule has 0 saturated carbocycles. The van der Waals surface area contributed by atoms with Crippen LogP contribution in [-0.2, 0) is 4.79 Å². The lowest BCUT2D eigenvalue weighted by atomic mass is 10.2. The van der Waals surface area contributed by atoms with E-state index in [4.69, 9.17) is 27.9 Å². The summed E-state index contributed by atoms with van der Waals surface area (Å²) in [7, 11) is 0. The van der Waals surface area contributed by atoms with Gasteiger partial charge in [0, 0.05) is 11.2 Å². The van der Waals surface area contributed by atoms with Gasteiger partial charge in [-0.05, 0) is 55.7 Å². The molecule has 3 rings (SSSR count). The minimum Gasteiger partial charge on any atom is -0.479 e. The second kappa shape index (κ2) is 9.49. The topological polar surface area (TPSA) is 68.5 Å². The molecule has 2 atom stereocenters. The standard InChI is InChI=1S/C19H20Cl2N4O2S/c1-12(27-16-7-6-13(20)11-14(16)21)19(26)22-15(8-10-28-2)18-24-23-17-5-3-4-9-25(17)18/h3-7,9,11-12,15H,8,10H2,1-2H3,(H,22,26). The number of rotatable bonds is 8. The van der Waals surface area contributed by atoms with E-state index in [1.807, 2.05) is 35.1 Å². The summed E-state index contributed by atoms with van der Waals surface area (Å²) in [5.74, 6) is 1.70. The van der Waals surface area contributed by atoms with Crippen LogP contribution < -0.4 is 10.1 Å². The highest BCUT2D eigenvalue weighted by molar-refractivity contribution is 7.98. The Morgan fingerprint density at radius 3 is 2.86 bits per heavy atom. The summed E-state index contributed by atoms with van der Waals surface area (Å²) in [4.78, 5) is 12.8. The molecule has 6 nitrogen and oxygen atoms in total. The average molecular weight is 439 g/mol. The number of aromatic nitrogens is 3. The highest BCUT2D eigenvalue weighted by Gasteiger charge is 2.24. The molecule has 9 heteroatoms. The van der Waals surface area contributed by atoms with Gasteiger partial charge in [0.05, 0.1) is 11.1 Å². The van der Waals surface area contributed by atoms with E-state index in [1.165, 1.54) is 0 Å². The second-order valence-electron chi connectivity index (χ2n) is 6.16. The van der Waals surface area contributed by atoms with E-state index in [1.54, 1.807) is 36.9 Å². The summed E-state index contributed by atoms with van der Waals surface area (Å²) in [6.07, 6.45) is 3.89.